The Morgan fingerprint density at radius 2 is 1.94 bits per heavy atom. The van der Waals surface area contributed by atoms with E-state index in [2.05, 4.69) is 10.9 Å². The highest BCUT2D eigenvalue weighted by Gasteiger charge is 2.33. The number of benzene rings is 2. The van der Waals surface area contributed by atoms with E-state index in [-0.39, 0.29) is 18.3 Å². The molecule has 0 bridgehead atoms. The number of nitrogens with zero attached hydrogens (tertiary/aromatic N) is 2. The van der Waals surface area contributed by atoms with Gasteiger partial charge >= 0.3 is 5.97 Å². The predicted molar refractivity (Wildman–Crippen MR) is 139 cm³/mol. The molecule has 1 aromatic heterocycles. The Morgan fingerprint density at radius 3 is 2.61 bits per heavy atom. The molecule has 0 N–H and O–H groups in total. The van der Waals surface area contributed by atoms with Gasteiger partial charge in [0.05, 0.1) is 35.1 Å². The highest BCUT2D eigenvalue weighted by Crippen LogP contribution is 2.32. The molecule has 0 unspecified atom stereocenters. The number of hydrogen-bond acceptors (Lipinski definition) is 7. The summed E-state index contributed by atoms with van der Waals surface area (Å²) < 4.78 is 18.5. The van der Waals surface area contributed by atoms with Crippen molar-refractivity contribution in [1.82, 2.24) is 4.57 Å². The number of allylic oxidation sites excluding steroid dienone is 1. The van der Waals surface area contributed by atoms with E-state index in [1.807, 2.05) is 30.3 Å². The van der Waals surface area contributed by atoms with Crippen molar-refractivity contribution >= 4 is 23.4 Å². The third kappa shape index (κ3) is 4.97. The van der Waals surface area contributed by atoms with Gasteiger partial charge in [-0.15, -0.1) is 6.42 Å². The first-order valence-electron chi connectivity index (χ1n) is 11.4. The maximum absolute atomic E-state index is 13.8. The smallest absolute Gasteiger partial charge is 0.338 e. The molecule has 0 radical (unpaired) electrons. The van der Waals surface area contributed by atoms with E-state index in [1.165, 1.54) is 11.3 Å². The Labute approximate surface area is 213 Å². The van der Waals surface area contributed by atoms with Crippen molar-refractivity contribution in [1.29, 1.82) is 0 Å². The van der Waals surface area contributed by atoms with Crippen molar-refractivity contribution in [2.24, 2.45) is 4.99 Å². The lowest BCUT2D eigenvalue weighted by Gasteiger charge is -2.25. The molecule has 2 aromatic carbocycles. The molecule has 36 heavy (non-hydrogen) atoms. The van der Waals surface area contributed by atoms with E-state index in [0.717, 1.165) is 5.56 Å². The number of hydrogen-bond donors (Lipinski definition) is 0. The minimum absolute atomic E-state index is 0.115. The molecule has 0 amide bonds. The molecule has 0 saturated carbocycles. The summed E-state index contributed by atoms with van der Waals surface area (Å²) in [6.07, 6.45) is 6.77. The van der Waals surface area contributed by atoms with Crippen LogP contribution < -0.4 is 24.4 Å². The monoisotopic (exact) mass is 502 g/mol. The number of thiazole rings is 1. The largest absolute Gasteiger partial charge is 0.497 e. The van der Waals surface area contributed by atoms with Crippen LogP contribution in [0.2, 0.25) is 0 Å². The second kappa shape index (κ2) is 10.7. The zero-order valence-electron chi connectivity index (χ0n) is 20.5. The summed E-state index contributed by atoms with van der Waals surface area (Å²) in [5, 5.41) is 0. The number of terminal acetylenes is 1. The molecule has 1 aliphatic heterocycles. The summed E-state index contributed by atoms with van der Waals surface area (Å²) in [5.74, 6) is 3.19. The molecule has 8 heteroatoms. The zero-order chi connectivity index (χ0) is 25.8. The van der Waals surface area contributed by atoms with Gasteiger partial charge in [0.15, 0.2) is 4.80 Å². The van der Waals surface area contributed by atoms with Crippen LogP contribution in [0.4, 0.5) is 0 Å². The lowest BCUT2D eigenvalue weighted by Crippen LogP contribution is -2.40. The fourth-order valence-electron chi connectivity index (χ4n) is 3.95. The molecule has 184 valence electrons. The van der Waals surface area contributed by atoms with Gasteiger partial charge in [-0.2, -0.15) is 0 Å². The van der Waals surface area contributed by atoms with E-state index < -0.39 is 12.0 Å². The first-order valence-corrected chi connectivity index (χ1v) is 12.2. The molecule has 0 aliphatic carbocycles. The molecular weight excluding hydrogens is 476 g/mol. The van der Waals surface area contributed by atoms with E-state index in [4.69, 9.17) is 20.6 Å². The van der Waals surface area contributed by atoms with E-state index in [0.29, 0.717) is 37.7 Å². The topological polar surface area (TPSA) is 79.1 Å². The number of methoxy groups -OCH3 is 1. The van der Waals surface area contributed by atoms with Gasteiger partial charge < -0.3 is 14.2 Å². The maximum Gasteiger partial charge on any atom is 0.338 e. The first-order chi connectivity index (χ1) is 17.3. The number of ether oxygens (including phenoxy) is 3. The van der Waals surface area contributed by atoms with Crippen molar-refractivity contribution in [3.63, 3.8) is 0 Å². The lowest BCUT2D eigenvalue weighted by molar-refractivity contribution is -0.143. The molecule has 0 fully saturated rings. The normalized spacial score (nSPS) is 15.2. The third-order valence-corrected chi connectivity index (χ3v) is 6.52. The zero-order valence-corrected chi connectivity index (χ0v) is 21.3. The van der Waals surface area contributed by atoms with Crippen LogP contribution in [0.3, 0.4) is 0 Å². The van der Waals surface area contributed by atoms with E-state index >= 15 is 0 Å². The van der Waals surface area contributed by atoms with Crippen molar-refractivity contribution < 1.29 is 19.0 Å². The van der Waals surface area contributed by atoms with Crippen molar-refractivity contribution in [3.8, 4) is 23.8 Å². The molecule has 2 heterocycles. The number of aromatic nitrogens is 1. The Kier molecular flexibility index (Phi) is 7.41. The third-order valence-electron chi connectivity index (χ3n) is 5.53. The van der Waals surface area contributed by atoms with Gasteiger partial charge in [-0.25, -0.2) is 9.79 Å². The minimum atomic E-state index is -0.700. The van der Waals surface area contributed by atoms with E-state index in [9.17, 15) is 9.59 Å². The van der Waals surface area contributed by atoms with Gasteiger partial charge in [0, 0.05) is 5.56 Å². The van der Waals surface area contributed by atoms with Crippen LogP contribution in [-0.4, -0.2) is 30.4 Å². The summed E-state index contributed by atoms with van der Waals surface area (Å²) in [6, 6.07) is 13.9. The first kappa shape index (κ1) is 25.0. The summed E-state index contributed by atoms with van der Waals surface area (Å²) in [4.78, 5) is 32.0. The second-order valence-electron chi connectivity index (χ2n) is 8.34. The standard InChI is InChI=1S/C28H26N2O5S/c1-6-15-34-22-10-8-7-9-20(22)16-23-26(31)30-25(19-11-13-21(33-5)14-12-19)24(27(32)35-17(2)3)18(4)29-28(30)36-23/h1,7-14,16-17,25H,15H2,2-5H3/b23-16-/t25-/m1/s1. The van der Waals surface area contributed by atoms with Gasteiger partial charge in [-0.05, 0) is 50.6 Å². The van der Waals surface area contributed by atoms with Crippen LogP contribution in [-0.2, 0) is 9.53 Å². The van der Waals surface area contributed by atoms with Gasteiger partial charge in [0.1, 0.15) is 18.1 Å². The summed E-state index contributed by atoms with van der Waals surface area (Å²) in [7, 11) is 1.58. The number of para-hydroxylation sites is 1. The lowest BCUT2D eigenvalue weighted by atomic mass is 9.96. The number of carbonyl (C=O) groups excluding carboxylic acids is 1. The minimum Gasteiger partial charge on any atom is -0.497 e. The quantitative estimate of drug-likeness (QED) is 0.366. The molecular formula is C28H26N2O5S. The fourth-order valence-corrected chi connectivity index (χ4v) is 4.99. The summed E-state index contributed by atoms with van der Waals surface area (Å²) >= 11 is 1.25. The maximum atomic E-state index is 13.8. The Morgan fingerprint density at radius 1 is 1.22 bits per heavy atom. The molecule has 3 aromatic rings. The van der Waals surface area contributed by atoms with Crippen LogP contribution in [0.1, 0.15) is 37.9 Å². The number of esters is 1. The predicted octanol–water partition coefficient (Wildman–Crippen LogP) is 3.21. The Hall–Kier alpha value is -4.09. The molecule has 7 nitrogen and oxygen atoms in total. The summed E-state index contributed by atoms with van der Waals surface area (Å²) in [6.45, 7) is 5.44. The number of rotatable bonds is 7. The average Bonchev–Trinajstić information content (AvgIpc) is 3.16. The van der Waals surface area contributed by atoms with Crippen LogP contribution in [0.15, 0.2) is 69.6 Å². The average molecular weight is 503 g/mol. The van der Waals surface area contributed by atoms with Crippen molar-refractivity contribution in [2.75, 3.05) is 13.7 Å². The highest BCUT2D eigenvalue weighted by atomic mass is 32.1. The van der Waals surface area contributed by atoms with E-state index in [1.54, 1.807) is 56.7 Å². The van der Waals surface area contributed by atoms with Crippen LogP contribution in [0.5, 0.6) is 11.5 Å². The SMILES string of the molecule is C#CCOc1ccccc1/C=c1\sc2n(c1=O)[C@H](c1ccc(OC)cc1)C(C(=O)OC(C)C)=C(C)N=2. The van der Waals surface area contributed by atoms with Gasteiger partial charge in [-0.3, -0.25) is 9.36 Å². The van der Waals surface area contributed by atoms with Crippen LogP contribution in [0, 0.1) is 12.3 Å². The Bertz CT molecular complexity index is 1540. The molecule has 1 aliphatic rings. The number of carbonyl (C=O) groups is 1. The molecule has 0 spiro atoms. The molecule has 1 atom stereocenters. The highest BCUT2D eigenvalue weighted by molar-refractivity contribution is 7.07. The second-order valence-corrected chi connectivity index (χ2v) is 9.35. The Balaban J connectivity index is 1.91. The number of fused-ring (bicyclic) bond motifs is 1. The van der Waals surface area contributed by atoms with Gasteiger partial charge in [0.25, 0.3) is 5.56 Å². The van der Waals surface area contributed by atoms with Crippen molar-refractivity contribution in [3.05, 3.63) is 90.6 Å². The fraction of sp³-hybridized carbons (Fsp3) is 0.250. The van der Waals surface area contributed by atoms with Gasteiger partial charge in [-0.1, -0.05) is 47.6 Å². The van der Waals surface area contributed by atoms with Crippen LogP contribution in [0.25, 0.3) is 6.08 Å². The van der Waals surface area contributed by atoms with Crippen molar-refractivity contribution in [2.45, 2.75) is 32.9 Å². The van der Waals surface area contributed by atoms with Crippen LogP contribution >= 0.6 is 11.3 Å². The molecule has 4 rings (SSSR count). The van der Waals surface area contributed by atoms with Gasteiger partial charge in [0.2, 0.25) is 0 Å². The summed E-state index contributed by atoms with van der Waals surface area (Å²) in [5.41, 5.74) is 2.02. The molecule has 0 saturated heterocycles.